The van der Waals surface area contributed by atoms with Gasteiger partial charge in [-0.15, -0.1) is 0 Å². The van der Waals surface area contributed by atoms with Gasteiger partial charge < -0.3 is 24.3 Å². The van der Waals surface area contributed by atoms with E-state index < -0.39 is 23.5 Å². The Morgan fingerprint density at radius 3 is 2.67 bits per heavy atom. The van der Waals surface area contributed by atoms with Gasteiger partial charge in [-0.05, 0) is 54.5 Å². The fourth-order valence-corrected chi connectivity index (χ4v) is 5.09. The van der Waals surface area contributed by atoms with E-state index in [0.717, 1.165) is 24.0 Å². The van der Waals surface area contributed by atoms with Crippen LogP contribution in [-0.4, -0.2) is 48.6 Å². The largest absolute Gasteiger partial charge is 0.465 e. The Morgan fingerprint density at radius 1 is 1.15 bits per heavy atom. The van der Waals surface area contributed by atoms with E-state index in [4.69, 9.17) is 9.15 Å². The molecule has 39 heavy (non-hydrogen) atoms. The van der Waals surface area contributed by atoms with E-state index in [9.17, 15) is 22.8 Å². The van der Waals surface area contributed by atoms with Crippen molar-refractivity contribution in [3.05, 3.63) is 64.7 Å². The first kappa shape index (κ1) is 26.5. The smallest absolute Gasteiger partial charge is 0.437 e. The van der Waals surface area contributed by atoms with Crippen molar-refractivity contribution >= 4 is 29.4 Å². The van der Waals surface area contributed by atoms with Crippen LogP contribution in [0.1, 0.15) is 57.5 Å². The summed E-state index contributed by atoms with van der Waals surface area (Å²) in [6.07, 6.45) is -1.08. The van der Waals surface area contributed by atoms with Crippen molar-refractivity contribution in [3.8, 4) is 0 Å². The number of nitrogens with one attached hydrogen (secondary N) is 1. The highest BCUT2D eigenvalue weighted by molar-refractivity contribution is 6.03. The van der Waals surface area contributed by atoms with Gasteiger partial charge in [0.1, 0.15) is 5.82 Å². The molecule has 206 valence electrons. The number of carbonyl (C=O) groups excluding carboxylic acids is 2. The number of hydrogen-bond acceptors (Lipinski definition) is 8. The molecule has 1 amide bonds. The van der Waals surface area contributed by atoms with Crippen LogP contribution in [0.15, 0.2) is 40.9 Å². The van der Waals surface area contributed by atoms with Gasteiger partial charge in [0.25, 0.3) is 11.9 Å². The Balaban J connectivity index is 1.30. The molecule has 3 aromatic rings. The molecule has 0 aliphatic carbocycles. The number of hydrogen-bond donors (Lipinski definition) is 1. The number of oxazole rings is 1. The van der Waals surface area contributed by atoms with E-state index in [-0.39, 0.29) is 23.6 Å². The first-order valence-electron chi connectivity index (χ1n) is 12.7. The summed E-state index contributed by atoms with van der Waals surface area (Å²) in [7, 11) is 1.35. The Labute approximate surface area is 223 Å². The van der Waals surface area contributed by atoms with Crippen LogP contribution >= 0.6 is 0 Å². The van der Waals surface area contributed by atoms with Gasteiger partial charge in [-0.3, -0.25) is 4.79 Å². The third-order valence-electron chi connectivity index (χ3n) is 7.02. The van der Waals surface area contributed by atoms with Gasteiger partial charge in [-0.25, -0.2) is 9.78 Å². The molecule has 2 aliphatic heterocycles. The molecule has 12 heteroatoms. The van der Waals surface area contributed by atoms with Crippen LogP contribution in [-0.2, 0) is 23.9 Å². The van der Waals surface area contributed by atoms with E-state index >= 15 is 0 Å². The van der Waals surface area contributed by atoms with E-state index in [0.29, 0.717) is 44.0 Å². The molecular formula is C27H28F3N5O4. The molecule has 0 bridgehead atoms. The Morgan fingerprint density at radius 2 is 1.97 bits per heavy atom. The van der Waals surface area contributed by atoms with Crippen LogP contribution in [0.5, 0.6) is 0 Å². The maximum Gasteiger partial charge on any atom is 0.437 e. The maximum absolute atomic E-state index is 13.7. The average Bonchev–Trinajstić information content (AvgIpc) is 3.39. The van der Waals surface area contributed by atoms with Gasteiger partial charge in [0.15, 0.2) is 5.69 Å². The number of aromatic nitrogens is 2. The lowest BCUT2D eigenvalue weighted by molar-refractivity contribution is -0.141. The first-order chi connectivity index (χ1) is 18.6. The van der Waals surface area contributed by atoms with E-state index in [1.165, 1.54) is 13.3 Å². The zero-order valence-electron chi connectivity index (χ0n) is 21.5. The van der Waals surface area contributed by atoms with Crippen molar-refractivity contribution in [2.45, 2.75) is 38.9 Å². The van der Waals surface area contributed by atoms with Gasteiger partial charge in [-0.2, -0.15) is 18.2 Å². The summed E-state index contributed by atoms with van der Waals surface area (Å²) in [6.45, 7) is 4.15. The molecule has 1 saturated heterocycles. The molecule has 1 unspecified atom stereocenters. The van der Waals surface area contributed by atoms with Crippen molar-refractivity contribution in [1.29, 1.82) is 0 Å². The number of esters is 1. The zero-order chi connectivity index (χ0) is 27.7. The molecule has 2 aromatic heterocycles. The van der Waals surface area contributed by atoms with Crippen LogP contribution in [0.3, 0.4) is 0 Å². The molecule has 1 aromatic carbocycles. The van der Waals surface area contributed by atoms with Gasteiger partial charge in [0, 0.05) is 26.2 Å². The number of ether oxygens (including phenoxy) is 1. The number of alkyl halides is 3. The molecule has 4 heterocycles. The second kappa shape index (κ2) is 10.6. The zero-order valence-corrected chi connectivity index (χ0v) is 21.5. The summed E-state index contributed by atoms with van der Waals surface area (Å²) in [5.74, 6) is -1.40. The third kappa shape index (κ3) is 5.55. The number of pyridine rings is 1. The highest BCUT2D eigenvalue weighted by Crippen LogP contribution is 2.35. The lowest BCUT2D eigenvalue weighted by Gasteiger charge is -2.30. The van der Waals surface area contributed by atoms with E-state index in [1.54, 1.807) is 29.2 Å². The summed E-state index contributed by atoms with van der Waals surface area (Å²) in [6, 6.07) is 8.53. The Hall–Kier alpha value is -4.09. The monoisotopic (exact) mass is 543 g/mol. The fraction of sp³-hybridized carbons (Fsp3) is 0.407. The third-order valence-corrected chi connectivity index (χ3v) is 7.02. The number of rotatable bonds is 5. The second-order valence-corrected chi connectivity index (χ2v) is 9.83. The summed E-state index contributed by atoms with van der Waals surface area (Å²) in [5.41, 5.74) is 1.33. The molecule has 9 nitrogen and oxygen atoms in total. The fourth-order valence-electron chi connectivity index (χ4n) is 5.09. The Kier molecular flexibility index (Phi) is 7.19. The minimum atomic E-state index is -4.85. The molecule has 0 saturated carbocycles. The molecule has 1 N–H and O–H groups in total. The quantitative estimate of drug-likeness (QED) is 0.453. The minimum Gasteiger partial charge on any atom is -0.465 e. The molecule has 0 radical (unpaired) electrons. The lowest BCUT2D eigenvalue weighted by atomic mass is 9.94. The van der Waals surface area contributed by atoms with Crippen molar-refractivity contribution in [2.24, 2.45) is 5.92 Å². The van der Waals surface area contributed by atoms with Crippen molar-refractivity contribution in [3.63, 3.8) is 0 Å². The summed E-state index contributed by atoms with van der Waals surface area (Å²) < 4.78 is 51.3. The molecule has 2 aliphatic rings. The predicted octanol–water partition coefficient (Wildman–Crippen LogP) is 4.93. The van der Waals surface area contributed by atoms with Gasteiger partial charge >= 0.3 is 12.1 Å². The second-order valence-electron chi connectivity index (χ2n) is 9.83. The highest BCUT2D eigenvalue weighted by atomic mass is 19.4. The minimum absolute atomic E-state index is 0.201. The summed E-state index contributed by atoms with van der Waals surface area (Å²) >= 11 is 0. The molecule has 1 atom stereocenters. The van der Waals surface area contributed by atoms with Crippen molar-refractivity contribution < 1.29 is 31.9 Å². The van der Waals surface area contributed by atoms with Gasteiger partial charge in [0.2, 0.25) is 5.76 Å². The number of benzene rings is 1. The topological polar surface area (TPSA) is 101 Å². The number of amides is 1. The Bertz CT molecular complexity index is 1370. The van der Waals surface area contributed by atoms with Gasteiger partial charge in [-0.1, -0.05) is 19.1 Å². The van der Waals surface area contributed by atoms with Crippen molar-refractivity contribution in [2.75, 3.05) is 41.9 Å². The lowest BCUT2D eigenvalue weighted by Crippen LogP contribution is -2.34. The summed E-state index contributed by atoms with van der Waals surface area (Å²) in [4.78, 5) is 36.6. The van der Waals surface area contributed by atoms with Crippen LogP contribution in [0, 0.1) is 5.92 Å². The number of nitrogens with zero attached hydrogens (tertiary/aromatic N) is 4. The number of anilines is 3. The molecule has 5 rings (SSSR count). The maximum atomic E-state index is 13.7. The van der Waals surface area contributed by atoms with Gasteiger partial charge in [0.05, 0.1) is 24.6 Å². The van der Waals surface area contributed by atoms with Crippen LogP contribution in [0.4, 0.5) is 30.7 Å². The molecular weight excluding hydrogens is 515 g/mol. The van der Waals surface area contributed by atoms with Crippen LogP contribution < -0.4 is 15.1 Å². The van der Waals surface area contributed by atoms with E-state index in [2.05, 4.69) is 15.3 Å². The molecule has 1 fully saturated rings. The SMILES string of the molecule is COC(=O)c1cccc2c1CCN(c1ccc(NC(=O)c3oc(N4CCCC(C)C4)nc3C(F)(F)F)cn1)C2. The average molecular weight is 544 g/mol. The standard InChI is InChI=1S/C27H28F3N5O4/c1-16-5-4-11-35(14-16)26-33-23(27(28,29)30)22(39-26)24(36)32-18-8-9-21(31-13-18)34-12-10-19-17(15-34)6-3-7-20(19)25(37)38-2/h3,6-9,13,16H,4-5,10-12,14-15H2,1-2H3,(H,32,36). The molecule has 0 spiro atoms. The predicted molar refractivity (Wildman–Crippen MR) is 137 cm³/mol. The number of methoxy groups -OCH3 is 1. The number of halogens is 3. The highest BCUT2D eigenvalue weighted by Gasteiger charge is 2.42. The number of fused-ring (bicyclic) bond motifs is 1. The van der Waals surface area contributed by atoms with E-state index in [1.807, 2.05) is 17.9 Å². The van der Waals surface area contributed by atoms with Crippen LogP contribution in [0.2, 0.25) is 0 Å². The normalized spacial score (nSPS) is 17.5. The van der Waals surface area contributed by atoms with Crippen molar-refractivity contribution in [1.82, 2.24) is 9.97 Å². The summed E-state index contributed by atoms with van der Waals surface area (Å²) in [5, 5.41) is 2.44. The first-order valence-corrected chi connectivity index (χ1v) is 12.7. The van der Waals surface area contributed by atoms with Crippen LogP contribution in [0.25, 0.3) is 0 Å². The number of piperidine rings is 1. The number of carbonyl (C=O) groups is 2.